The van der Waals surface area contributed by atoms with Crippen molar-refractivity contribution in [3.05, 3.63) is 94.3 Å². The number of amides is 1. The van der Waals surface area contributed by atoms with Crippen LogP contribution in [0.2, 0.25) is 0 Å². The number of aromatic nitrogens is 1. The molecule has 1 aromatic heterocycles. The van der Waals surface area contributed by atoms with Crippen LogP contribution in [0.15, 0.2) is 78.2 Å². The first-order chi connectivity index (χ1) is 12.1. The van der Waals surface area contributed by atoms with Gasteiger partial charge in [-0.1, -0.05) is 12.1 Å². The van der Waals surface area contributed by atoms with Gasteiger partial charge in [0.1, 0.15) is 0 Å². The van der Waals surface area contributed by atoms with Crippen LogP contribution in [-0.4, -0.2) is 21.6 Å². The third-order valence-corrected chi connectivity index (χ3v) is 3.54. The Kier molecular flexibility index (Phi) is 4.66. The van der Waals surface area contributed by atoms with E-state index >= 15 is 0 Å². The van der Waals surface area contributed by atoms with E-state index in [0.717, 1.165) is 5.69 Å². The van der Waals surface area contributed by atoms with E-state index in [1.165, 1.54) is 12.3 Å². The van der Waals surface area contributed by atoms with E-state index < -0.39 is 10.8 Å². The molecular formula is C18H14N4O3. The summed E-state index contributed by atoms with van der Waals surface area (Å²) >= 11 is 0. The number of nitrogens with zero attached hydrogens (tertiary/aromatic N) is 3. The summed E-state index contributed by atoms with van der Waals surface area (Å²) in [7, 11) is 0. The van der Waals surface area contributed by atoms with Gasteiger partial charge >= 0.3 is 0 Å². The molecule has 7 heteroatoms. The van der Waals surface area contributed by atoms with Crippen molar-refractivity contribution >= 4 is 17.8 Å². The first-order valence-electron chi connectivity index (χ1n) is 7.45. The lowest BCUT2D eigenvalue weighted by molar-refractivity contribution is -0.385. The second-order valence-corrected chi connectivity index (χ2v) is 5.15. The van der Waals surface area contributed by atoms with Crippen molar-refractivity contribution in [1.82, 2.24) is 9.99 Å². The summed E-state index contributed by atoms with van der Waals surface area (Å²) in [6.07, 6.45) is 5.07. The second-order valence-electron chi connectivity index (χ2n) is 5.15. The highest BCUT2D eigenvalue weighted by atomic mass is 16.6. The van der Waals surface area contributed by atoms with E-state index in [4.69, 9.17) is 0 Å². The number of nitro benzene ring substituents is 1. The van der Waals surface area contributed by atoms with E-state index in [-0.39, 0.29) is 5.69 Å². The molecule has 0 fully saturated rings. The molecule has 0 spiro atoms. The standard InChI is InChI=1S/C18H14N4O3/c23-18(14-7-9-16(10-8-14)21-11-3-4-12-21)20-19-13-15-5-1-2-6-17(15)22(24)25/h1-13H,(H,20,23)/b19-13+. The predicted molar refractivity (Wildman–Crippen MR) is 93.9 cm³/mol. The fourth-order valence-electron chi connectivity index (χ4n) is 2.28. The highest BCUT2D eigenvalue weighted by molar-refractivity contribution is 5.95. The van der Waals surface area contributed by atoms with Gasteiger partial charge in [-0.15, -0.1) is 0 Å². The lowest BCUT2D eigenvalue weighted by atomic mass is 10.2. The molecular weight excluding hydrogens is 320 g/mol. The van der Waals surface area contributed by atoms with Crippen molar-refractivity contribution in [2.45, 2.75) is 0 Å². The van der Waals surface area contributed by atoms with Crippen molar-refractivity contribution in [1.29, 1.82) is 0 Å². The molecule has 0 bridgehead atoms. The molecule has 25 heavy (non-hydrogen) atoms. The Morgan fingerprint density at radius 1 is 1.04 bits per heavy atom. The van der Waals surface area contributed by atoms with Gasteiger partial charge in [-0.05, 0) is 42.5 Å². The Hall–Kier alpha value is -3.74. The highest BCUT2D eigenvalue weighted by Crippen LogP contribution is 2.15. The zero-order valence-corrected chi connectivity index (χ0v) is 13.1. The number of carbonyl (C=O) groups excluding carboxylic acids is 1. The normalized spacial score (nSPS) is 10.7. The van der Waals surface area contributed by atoms with Crippen molar-refractivity contribution < 1.29 is 9.72 Å². The fraction of sp³-hybridized carbons (Fsp3) is 0. The molecule has 3 rings (SSSR count). The summed E-state index contributed by atoms with van der Waals surface area (Å²) in [5.41, 5.74) is 3.99. The maximum absolute atomic E-state index is 12.1. The van der Waals surface area contributed by atoms with Crippen molar-refractivity contribution in [3.63, 3.8) is 0 Å². The average molecular weight is 334 g/mol. The molecule has 0 aliphatic rings. The van der Waals surface area contributed by atoms with Crippen molar-refractivity contribution in [3.8, 4) is 5.69 Å². The van der Waals surface area contributed by atoms with Gasteiger partial charge in [0.2, 0.25) is 0 Å². The Morgan fingerprint density at radius 3 is 2.40 bits per heavy atom. The topological polar surface area (TPSA) is 89.5 Å². The Morgan fingerprint density at radius 2 is 1.72 bits per heavy atom. The van der Waals surface area contributed by atoms with E-state index in [9.17, 15) is 14.9 Å². The van der Waals surface area contributed by atoms with Crippen molar-refractivity contribution in [2.24, 2.45) is 5.10 Å². The van der Waals surface area contributed by atoms with Crippen molar-refractivity contribution in [2.75, 3.05) is 0 Å². The van der Waals surface area contributed by atoms with Gasteiger partial charge in [-0.2, -0.15) is 5.10 Å². The number of nitro groups is 1. The van der Waals surface area contributed by atoms with Crippen LogP contribution in [0.1, 0.15) is 15.9 Å². The first-order valence-corrected chi connectivity index (χ1v) is 7.45. The van der Waals surface area contributed by atoms with Gasteiger partial charge in [-0.25, -0.2) is 5.43 Å². The number of hydrogen-bond donors (Lipinski definition) is 1. The smallest absolute Gasteiger partial charge is 0.278 e. The number of rotatable bonds is 5. The van der Waals surface area contributed by atoms with E-state index in [2.05, 4.69) is 10.5 Å². The zero-order chi connectivity index (χ0) is 17.6. The minimum absolute atomic E-state index is 0.0726. The van der Waals surface area contributed by atoms with Gasteiger partial charge in [0.05, 0.1) is 16.7 Å². The molecule has 7 nitrogen and oxygen atoms in total. The molecule has 1 N–H and O–H groups in total. The number of hydrazone groups is 1. The molecule has 0 saturated heterocycles. The van der Waals surface area contributed by atoms with Crippen LogP contribution in [0.3, 0.4) is 0 Å². The molecule has 3 aromatic rings. The van der Waals surface area contributed by atoms with Gasteiger partial charge in [0.25, 0.3) is 11.6 Å². The van der Waals surface area contributed by atoms with Gasteiger partial charge in [0.15, 0.2) is 0 Å². The number of benzene rings is 2. The molecule has 2 aromatic carbocycles. The molecule has 0 unspecified atom stereocenters. The van der Waals surface area contributed by atoms with Crippen LogP contribution in [0.25, 0.3) is 5.69 Å². The lowest BCUT2D eigenvalue weighted by Crippen LogP contribution is -2.17. The lowest BCUT2D eigenvalue weighted by Gasteiger charge is -2.04. The minimum Gasteiger partial charge on any atom is -0.324 e. The minimum atomic E-state index is -0.497. The molecule has 124 valence electrons. The fourth-order valence-corrected chi connectivity index (χ4v) is 2.28. The summed E-state index contributed by atoms with van der Waals surface area (Å²) in [5, 5.41) is 14.7. The summed E-state index contributed by atoms with van der Waals surface area (Å²) < 4.78 is 1.92. The summed E-state index contributed by atoms with van der Waals surface area (Å²) in [6, 6.07) is 17.0. The molecule has 0 aliphatic heterocycles. The first kappa shape index (κ1) is 16.1. The average Bonchev–Trinajstić information content (AvgIpc) is 3.17. The maximum Gasteiger partial charge on any atom is 0.278 e. The summed E-state index contributed by atoms with van der Waals surface area (Å²) in [6.45, 7) is 0. The molecule has 1 amide bonds. The number of hydrogen-bond acceptors (Lipinski definition) is 4. The van der Waals surface area contributed by atoms with Crippen LogP contribution in [0.5, 0.6) is 0 Å². The quantitative estimate of drug-likeness (QED) is 0.441. The Balaban J connectivity index is 1.68. The highest BCUT2D eigenvalue weighted by Gasteiger charge is 2.10. The number of carbonyl (C=O) groups is 1. The predicted octanol–water partition coefficient (Wildman–Crippen LogP) is 3.15. The van der Waals surface area contributed by atoms with E-state index in [1.807, 2.05) is 41.2 Å². The molecule has 1 heterocycles. The molecule has 0 saturated carbocycles. The Bertz CT molecular complexity index is 916. The van der Waals surface area contributed by atoms with Crippen LogP contribution < -0.4 is 5.43 Å². The number of nitrogens with one attached hydrogen (secondary N) is 1. The Labute approximate surface area is 143 Å². The molecule has 0 radical (unpaired) electrons. The SMILES string of the molecule is O=C(N/N=C/c1ccccc1[N+](=O)[O-])c1ccc(-n2cccc2)cc1. The summed E-state index contributed by atoms with van der Waals surface area (Å²) in [5.74, 6) is -0.395. The van der Waals surface area contributed by atoms with Gasteiger partial charge in [-0.3, -0.25) is 14.9 Å². The monoisotopic (exact) mass is 334 g/mol. The van der Waals surface area contributed by atoms with Crippen LogP contribution in [0.4, 0.5) is 5.69 Å². The van der Waals surface area contributed by atoms with Crippen LogP contribution in [0, 0.1) is 10.1 Å². The third-order valence-electron chi connectivity index (χ3n) is 3.54. The molecule has 0 aliphatic carbocycles. The number of para-hydroxylation sites is 1. The maximum atomic E-state index is 12.1. The second kappa shape index (κ2) is 7.22. The van der Waals surface area contributed by atoms with E-state index in [1.54, 1.807) is 30.3 Å². The van der Waals surface area contributed by atoms with Gasteiger partial charge < -0.3 is 4.57 Å². The largest absolute Gasteiger partial charge is 0.324 e. The molecule has 0 atom stereocenters. The van der Waals surface area contributed by atoms with E-state index in [0.29, 0.717) is 11.1 Å². The zero-order valence-electron chi connectivity index (χ0n) is 13.1. The summed E-state index contributed by atoms with van der Waals surface area (Å²) in [4.78, 5) is 22.5. The van der Waals surface area contributed by atoms with Crippen LogP contribution in [-0.2, 0) is 0 Å². The van der Waals surface area contributed by atoms with Crippen LogP contribution >= 0.6 is 0 Å². The third kappa shape index (κ3) is 3.78. The van der Waals surface area contributed by atoms with Gasteiger partial charge in [0, 0.05) is 29.7 Å².